The summed E-state index contributed by atoms with van der Waals surface area (Å²) in [6, 6.07) is 4.55. The second-order valence-corrected chi connectivity index (χ2v) is 6.50. The number of carbonyl (C=O) groups excluding carboxylic acids is 1. The number of hydrogen-bond acceptors (Lipinski definition) is 3. The van der Waals surface area contributed by atoms with Gasteiger partial charge in [0.25, 0.3) is 0 Å². The maximum atomic E-state index is 13.9. The fourth-order valence-corrected chi connectivity index (χ4v) is 2.90. The number of benzene rings is 1. The number of halogens is 1. The predicted octanol–water partition coefficient (Wildman–Crippen LogP) is 2.39. The lowest BCUT2D eigenvalue weighted by atomic mass is 9.85. The summed E-state index contributed by atoms with van der Waals surface area (Å²) in [5.41, 5.74) is 0.423. The standard InChI is InChI=1S/C17H26FN3O2/c1-21(2)15-7-6-13(10-14(15)18)11-19-16(22)20-12-17(23)8-4-3-5-9-17/h6-7,10,23H,3-5,8-9,11-12H2,1-2H3,(H2,19,20,22). The Bertz CT molecular complexity index is 543. The van der Waals surface area contributed by atoms with Crippen molar-refractivity contribution >= 4 is 11.7 Å². The van der Waals surface area contributed by atoms with Gasteiger partial charge in [-0.1, -0.05) is 25.3 Å². The van der Waals surface area contributed by atoms with Gasteiger partial charge in [0.15, 0.2) is 0 Å². The van der Waals surface area contributed by atoms with Crippen molar-refractivity contribution in [2.75, 3.05) is 25.5 Å². The number of amides is 2. The summed E-state index contributed by atoms with van der Waals surface area (Å²) in [6.07, 6.45) is 4.59. The molecule has 0 atom stereocenters. The predicted molar refractivity (Wildman–Crippen MR) is 89.0 cm³/mol. The van der Waals surface area contributed by atoms with Gasteiger partial charge in [-0.15, -0.1) is 0 Å². The lowest BCUT2D eigenvalue weighted by molar-refractivity contribution is 0.00719. The Morgan fingerprint density at radius 2 is 1.96 bits per heavy atom. The number of hydrogen-bond donors (Lipinski definition) is 3. The Morgan fingerprint density at radius 3 is 2.57 bits per heavy atom. The second kappa shape index (κ2) is 7.64. The van der Waals surface area contributed by atoms with E-state index in [0.717, 1.165) is 32.1 Å². The first-order valence-electron chi connectivity index (χ1n) is 8.09. The van der Waals surface area contributed by atoms with Gasteiger partial charge in [0.05, 0.1) is 11.3 Å². The van der Waals surface area contributed by atoms with Crippen molar-refractivity contribution in [2.24, 2.45) is 0 Å². The molecule has 1 aromatic rings. The number of nitrogens with zero attached hydrogens (tertiary/aromatic N) is 1. The van der Waals surface area contributed by atoms with Gasteiger partial charge in [-0.2, -0.15) is 0 Å². The smallest absolute Gasteiger partial charge is 0.315 e. The van der Waals surface area contributed by atoms with Crippen molar-refractivity contribution in [3.05, 3.63) is 29.6 Å². The molecular weight excluding hydrogens is 297 g/mol. The van der Waals surface area contributed by atoms with Crippen LogP contribution in [0.3, 0.4) is 0 Å². The van der Waals surface area contributed by atoms with Crippen LogP contribution < -0.4 is 15.5 Å². The van der Waals surface area contributed by atoms with E-state index in [2.05, 4.69) is 10.6 Å². The van der Waals surface area contributed by atoms with E-state index in [1.807, 2.05) is 0 Å². The number of nitrogens with one attached hydrogen (secondary N) is 2. The van der Waals surface area contributed by atoms with E-state index < -0.39 is 5.60 Å². The summed E-state index contributed by atoms with van der Waals surface area (Å²) in [5.74, 6) is -0.314. The lowest BCUT2D eigenvalue weighted by Gasteiger charge is -2.32. The average Bonchev–Trinajstić information content (AvgIpc) is 2.51. The zero-order chi connectivity index (χ0) is 16.9. The number of anilines is 1. The molecule has 1 aromatic carbocycles. The minimum Gasteiger partial charge on any atom is -0.388 e. The van der Waals surface area contributed by atoms with Crippen LogP contribution in [0.2, 0.25) is 0 Å². The number of rotatable bonds is 5. The van der Waals surface area contributed by atoms with E-state index in [9.17, 15) is 14.3 Å². The van der Waals surface area contributed by atoms with Gasteiger partial charge >= 0.3 is 6.03 Å². The highest BCUT2D eigenvalue weighted by molar-refractivity contribution is 5.73. The molecule has 0 bridgehead atoms. The highest BCUT2D eigenvalue weighted by Crippen LogP contribution is 2.27. The molecule has 128 valence electrons. The molecule has 0 unspecified atom stereocenters. The van der Waals surface area contributed by atoms with E-state index in [-0.39, 0.29) is 24.9 Å². The molecule has 1 aliphatic carbocycles. The third-order valence-corrected chi connectivity index (χ3v) is 4.31. The molecule has 0 heterocycles. The SMILES string of the molecule is CN(C)c1ccc(CNC(=O)NCC2(O)CCCCC2)cc1F. The van der Waals surface area contributed by atoms with E-state index >= 15 is 0 Å². The molecule has 1 aliphatic rings. The Morgan fingerprint density at radius 1 is 1.26 bits per heavy atom. The molecule has 0 spiro atoms. The van der Waals surface area contributed by atoms with Gasteiger partial charge in [-0.25, -0.2) is 9.18 Å². The molecule has 1 saturated carbocycles. The summed E-state index contributed by atoms with van der Waals surface area (Å²) in [6.45, 7) is 0.502. The maximum absolute atomic E-state index is 13.9. The minimum absolute atomic E-state index is 0.245. The summed E-state index contributed by atoms with van der Waals surface area (Å²) in [5, 5.41) is 15.7. The molecule has 6 heteroatoms. The second-order valence-electron chi connectivity index (χ2n) is 6.50. The van der Waals surface area contributed by atoms with Crippen LogP contribution >= 0.6 is 0 Å². The summed E-state index contributed by atoms with van der Waals surface area (Å²) in [4.78, 5) is 13.5. The van der Waals surface area contributed by atoms with Crippen LogP contribution in [-0.2, 0) is 6.54 Å². The molecular formula is C17H26FN3O2. The first-order valence-corrected chi connectivity index (χ1v) is 8.09. The van der Waals surface area contributed by atoms with Gasteiger partial charge in [0.1, 0.15) is 5.82 Å². The normalized spacial score (nSPS) is 16.7. The quantitative estimate of drug-likeness (QED) is 0.779. The first-order chi connectivity index (χ1) is 10.9. The summed E-state index contributed by atoms with van der Waals surface area (Å²) in [7, 11) is 3.56. The number of urea groups is 1. The van der Waals surface area contributed by atoms with Crippen molar-refractivity contribution in [2.45, 2.75) is 44.2 Å². The largest absolute Gasteiger partial charge is 0.388 e. The van der Waals surface area contributed by atoms with E-state index in [1.165, 1.54) is 6.07 Å². The Labute approximate surface area is 136 Å². The molecule has 0 radical (unpaired) electrons. The molecule has 23 heavy (non-hydrogen) atoms. The topological polar surface area (TPSA) is 64.6 Å². The first kappa shape index (κ1) is 17.5. The fourth-order valence-electron chi connectivity index (χ4n) is 2.90. The third kappa shape index (κ3) is 5.10. The highest BCUT2D eigenvalue weighted by Gasteiger charge is 2.29. The molecule has 5 nitrogen and oxygen atoms in total. The van der Waals surface area contributed by atoms with Crippen molar-refractivity contribution in [3.63, 3.8) is 0 Å². The van der Waals surface area contributed by atoms with Crippen LogP contribution in [0.4, 0.5) is 14.9 Å². The molecule has 2 rings (SSSR count). The van der Waals surface area contributed by atoms with Crippen molar-refractivity contribution in [1.29, 1.82) is 0 Å². The van der Waals surface area contributed by atoms with Crippen molar-refractivity contribution in [1.82, 2.24) is 10.6 Å². The lowest BCUT2D eigenvalue weighted by Crippen LogP contribution is -2.47. The monoisotopic (exact) mass is 323 g/mol. The van der Waals surface area contributed by atoms with Crippen LogP contribution in [0.5, 0.6) is 0 Å². The molecule has 0 saturated heterocycles. The average molecular weight is 323 g/mol. The molecule has 2 amide bonds. The van der Waals surface area contributed by atoms with E-state index in [0.29, 0.717) is 11.3 Å². The molecule has 1 fully saturated rings. The van der Waals surface area contributed by atoms with Crippen LogP contribution in [0, 0.1) is 5.82 Å². The van der Waals surface area contributed by atoms with Crippen LogP contribution in [0.1, 0.15) is 37.7 Å². The van der Waals surface area contributed by atoms with Crippen LogP contribution in [0.15, 0.2) is 18.2 Å². The van der Waals surface area contributed by atoms with E-state index in [4.69, 9.17) is 0 Å². The molecule has 0 aromatic heterocycles. The van der Waals surface area contributed by atoms with Crippen molar-refractivity contribution < 1.29 is 14.3 Å². The number of aliphatic hydroxyl groups is 1. The van der Waals surface area contributed by atoms with E-state index in [1.54, 1.807) is 31.1 Å². The van der Waals surface area contributed by atoms with Gasteiger partial charge in [-0.05, 0) is 30.5 Å². The highest BCUT2D eigenvalue weighted by atomic mass is 19.1. The summed E-state index contributed by atoms with van der Waals surface area (Å²) < 4.78 is 13.9. The zero-order valence-electron chi connectivity index (χ0n) is 13.9. The fraction of sp³-hybridized carbons (Fsp3) is 0.588. The third-order valence-electron chi connectivity index (χ3n) is 4.31. The zero-order valence-corrected chi connectivity index (χ0v) is 13.9. The summed E-state index contributed by atoms with van der Waals surface area (Å²) >= 11 is 0. The molecule has 3 N–H and O–H groups in total. The van der Waals surface area contributed by atoms with Crippen LogP contribution in [0.25, 0.3) is 0 Å². The van der Waals surface area contributed by atoms with Gasteiger partial charge in [0, 0.05) is 27.2 Å². The van der Waals surface area contributed by atoms with Gasteiger partial charge < -0.3 is 20.6 Å². The molecule has 0 aliphatic heterocycles. The Hall–Kier alpha value is -1.82. The van der Waals surface area contributed by atoms with Crippen LogP contribution in [-0.4, -0.2) is 37.4 Å². The van der Waals surface area contributed by atoms with Gasteiger partial charge in [-0.3, -0.25) is 0 Å². The van der Waals surface area contributed by atoms with Gasteiger partial charge in [0.2, 0.25) is 0 Å². The number of carbonyl (C=O) groups is 1. The Balaban J connectivity index is 1.79. The minimum atomic E-state index is -0.783. The maximum Gasteiger partial charge on any atom is 0.315 e. The Kier molecular flexibility index (Phi) is 5.82. The van der Waals surface area contributed by atoms with Crippen molar-refractivity contribution in [3.8, 4) is 0 Å².